The number of benzene rings is 1. The van der Waals surface area contributed by atoms with Crippen LogP contribution in [0.1, 0.15) is 32.0 Å². The summed E-state index contributed by atoms with van der Waals surface area (Å²) in [6, 6.07) is 4.55. The summed E-state index contributed by atoms with van der Waals surface area (Å²) in [6.07, 6.45) is 1.36. The molecule has 6 nitrogen and oxygen atoms in total. The molecule has 98 valence electrons. The second-order valence-corrected chi connectivity index (χ2v) is 4.10. The van der Waals surface area contributed by atoms with Crippen LogP contribution in [0.15, 0.2) is 28.9 Å². The van der Waals surface area contributed by atoms with E-state index in [9.17, 15) is 9.59 Å². The van der Waals surface area contributed by atoms with Gasteiger partial charge in [0.1, 0.15) is 0 Å². The minimum absolute atomic E-state index is 0.0649. The monoisotopic (exact) mass is 260 g/mol. The number of aromatic carboxylic acids is 1. The zero-order valence-electron chi connectivity index (χ0n) is 10.4. The van der Waals surface area contributed by atoms with Gasteiger partial charge in [-0.15, -0.1) is 0 Å². The molecule has 0 saturated carbocycles. The Morgan fingerprint density at radius 2 is 2.05 bits per heavy atom. The Morgan fingerprint density at radius 1 is 1.32 bits per heavy atom. The van der Waals surface area contributed by atoms with Gasteiger partial charge in [0.2, 0.25) is 5.76 Å². The maximum Gasteiger partial charge on any atom is 0.336 e. The van der Waals surface area contributed by atoms with Gasteiger partial charge in [-0.05, 0) is 37.1 Å². The molecule has 2 rings (SSSR count). The number of amides is 1. The molecule has 2 N–H and O–H groups in total. The van der Waals surface area contributed by atoms with Crippen molar-refractivity contribution < 1.29 is 19.2 Å². The average molecular weight is 260 g/mol. The van der Waals surface area contributed by atoms with Gasteiger partial charge < -0.3 is 14.9 Å². The summed E-state index contributed by atoms with van der Waals surface area (Å²) in [7, 11) is 0. The van der Waals surface area contributed by atoms with Crippen molar-refractivity contribution >= 4 is 17.6 Å². The lowest BCUT2D eigenvalue weighted by molar-refractivity contribution is 0.0695. The van der Waals surface area contributed by atoms with E-state index in [0.717, 1.165) is 5.56 Å². The highest BCUT2D eigenvalue weighted by atomic mass is 16.5. The molecule has 1 amide bonds. The van der Waals surface area contributed by atoms with E-state index in [1.807, 2.05) is 0 Å². The lowest BCUT2D eigenvalue weighted by Crippen LogP contribution is -2.12. The maximum absolute atomic E-state index is 11.8. The molecule has 0 bridgehead atoms. The Hall–Kier alpha value is -2.63. The van der Waals surface area contributed by atoms with Crippen molar-refractivity contribution in [2.75, 3.05) is 5.32 Å². The van der Waals surface area contributed by atoms with Gasteiger partial charge >= 0.3 is 5.97 Å². The topological polar surface area (TPSA) is 92.4 Å². The molecule has 0 fully saturated rings. The van der Waals surface area contributed by atoms with E-state index in [2.05, 4.69) is 10.5 Å². The number of carbonyl (C=O) groups is 2. The molecule has 19 heavy (non-hydrogen) atoms. The molecule has 6 heteroatoms. The molecule has 2 aromatic rings. The fourth-order valence-electron chi connectivity index (χ4n) is 1.68. The Labute approximate surface area is 109 Å². The second-order valence-electron chi connectivity index (χ2n) is 4.10. The number of carboxylic acids is 1. The van der Waals surface area contributed by atoms with E-state index in [4.69, 9.17) is 9.63 Å². The van der Waals surface area contributed by atoms with Crippen LogP contribution in [0.2, 0.25) is 0 Å². The largest absolute Gasteiger partial charge is 0.478 e. The number of aromatic nitrogens is 1. The quantitative estimate of drug-likeness (QED) is 0.882. The van der Waals surface area contributed by atoms with Crippen molar-refractivity contribution in [2.24, 2.45) is 0 Å². The Kier molecular flexibility index (Phi) is 3.33. The minimum Gasteiger partial charge on any atom is -0.478 e. The van der Waals surface area contributed by atoms with Crippen LogP contribution in [0.5, 0.6) is 0 Å². The first-order valence-corrected chi connectivity index (χ1v) is 5.55. The Balaban J connectivity index is 2.31. The van der Waals surface area contributed by atoms with Crippen LogP contribution in [0.3, 0.4) is 0 Å². The number of hydrogen-bond acceptors (Lipinski definition) is 4. The molecule has 0 unspecified atom stereocenters. The molecule has 1 aromatic heterocycles. The maximum atomic E-state index is 11.8. The Bertz CT molecular complexity index is 632. The number of hydrogen-bond donors (Lipinski definition) is 2. The molecule has 0 radical (unpaired) electrons. The van der Waals surface area contributed by atoms with Crippen LogP contribution < -0.4 is 5.32 Å². The van der Waals surface area contributed by atoms with Crippen molar-refractivity contribution in [3.8, 4) is 0 Å². The molecule has 0 aliphatic heterocycles. The molecule has 0 atom stereocenters. The predicted molar refractivity (Wildman–Crippen MR) is 67.3 cm³/mol. The normalized spacial score (nSPS) is 10.2. The zero-order chi connectivity index (χ0) is 14.0. The van der Waals surface area contributed by atoms with E-state index >= 15 is 0 Å². The summed E-state index contributed by atoms with van der Waals surface area (Å²) >= 11 is 0. The van der Waals surface area contributed by atoms with Gasteiger partial charge in [-0.25, -0.2) is 4.79 Å². The number of carbonyl (C=O) groups excluding carboxylic acids is 1. The van der Waals surface area contributed by atoms with Crippen LogP contribution in [0, 0.1) is 13.8 Å². The number of rotatable bonds is 3. The first-order chi connectivity index (χ1) is 8.99. The summed E-state index contributed by atoms with van der Waals surface area (Å²) in [6.45, 7) is 3.51. The third kappa shape index (κ3) is 2.62. The van der Waals surface area contributed by atoms with E-state index in [0.29, 0.717) is 11.3 Å². The van der Waals surface area contributed by atoms with Gasteiger partial charge in [0, 0.05) is 11.8 Å². The van der Waals surface area contributed by atoms with Crippen molar-refractivity contribution in [3.63, 3.8) is 0 Å². The second kappa shape index (κ2) is 4.93. The molecular weight excluding hydrogens is 248 g/mol. The molecule has 0 aliphatic rings. The SMILES string of the molecule is Cc1cc(NC(=O)c2ccno2)cc(C(=O)O)c1C. The van der Waals surface area contributed by atoms with E-state index in [-0.39, 0.29) is 11.3 Å². The number of nitrogens with zero attached hydrogens (tertiary/aromatic N) is 1. The average Bonchev–Trinajstić information content (AvgIpc) is 2.86. The molecule has 1 aromatic carbocycles. The van der Waals surface area contributed by atoms with E-state index < -0.39 is 11.9 Å². The summed E-state index contributed by atoms with van der Waals surface area (Å²) in [5.41, 5.74) is 2.02. The van der Waals surface area contributed by atoms with Crippen molar-refractivity contribution in [1.29, 1.82) is 0 Å². The van der Waals surface area contributed by atoms with Crippen LogP contribution in [-0.4, -0.2) is 22.1 Å². The summed E-state index contributed by atoms with van der Waals surface area (Å²) in [5.74, 6) is -1.44. The summed E-state index contributed by atoms with van der Waals surface area (Å²) in [5, 5.41) is 15.1. The fraction of sp³-hybridized carbons (Fsp3) is 0.154. The van der Waals surface area contributed by atoms with E-state index in [1.165, 1.54) is 18.3 Å². The number of carboxylic acid groups (broad SMARTS) is 1. The van der Waals surface area contributed by atoms with Gasteiger partial charge in [0.25, 0.3) is 5.91 Å². The fourth-order valence-corrected chi connectivity index (χ4v) is 1.68. The van der Waals surface area contributed by atoms with Crippen LogP contribution in [0.4, 0.5) is 5.69 Å². The third-order valence-electron chi connectivity index (χ3n) is 2.82. The first-order valence-electron chi connectivity index (χ1n) is 5.55. The number of anilines is 1. The molecule has 1 heterocycles. The van der Waals surface area contributed by atoms with Gasteiger partial charge in [-0.2, -0.15) is 0 Å². The lowest BCUT2D eigenvalue weighted by Gasteiger charge is -2.09. The highest BCUT2D eigenvalue weighted by Crippen LogP contribution is 2.20. The highest BCUT2D eigenvalue weighted by molar-refractivity contribution is 6.03. The summed E-state index contributed by atoms with van der Waals surface area (Å²) in [4.78, 5) is 22.9. The van der Waals surface area contributed by atoms with Gasteiger partial charge in [0.15, 0.2) is 0 Å². The molecule has 0 saturated heterocycles. The van der Waals surface area contributed by atoms with Crippen molar-refractivity contribution in [3.05, 3.63) is 46.8 Å². The van der Waals surface area contributed by atoms with Gasteiger partial charge in [-0.3, -0.25) is 4.79 Å². The molecule has 0 aliphatic carbocycles. The number of aryl methyl sites for hydroxylation is 1. The smallest absolute Gasteiger partial charge is 0.336 e. The highest BCUT2D eigenvalue weighted by Gasteiger charge is 2.14. The van der Waals surface area contributed by atoms with Crippen LogP contribution in [0.25, 0.3) is 0 Å². The van der Waals surface area contributed by atoms with Crippen molar-refractivity contribution in [1.82, 2.24) is 5.16 Å². The minimum atomic E-state index is -1.03. The van der Waals surface area contributed by atoms with E-state index in [1.54, 1.807) is 19.9 Å². The predicted octanol–water partition coefficient (Wildman–Crippen LogP) is 2.24. The van der Waals surface area contributed by atoms with Crippen LogP contribution in [-0.2, 0) is 0 Å². The zero-order valence-corrected chi connectivity index (χ0v) is 10.4. The van der Waals surface area contributed by atoms with Crippen LogP contribution >= 0.6 is 0 Å². The third-order valence-corrected chi connectivity index (χ3v) is 2.82. The standard InChI is InChI=1S/C13H12N2O4/c1-7-5-9(6-10(8(7)2)13(17)18)15-12(16)11-3-4-14-19-11/h3-6H,1-2H3,(H,15,16)(H,17,18). The Morgan fingerprint density at radius 3 is 2.63 bits per heavy atom. The first kappa shape index (κ1) is 12.8. The molecular formula is C13H12N2O4. The lowest BCUT2D eigenvalue weighted by atomic mass is 10.0. The number of nitrogens with one attached hydrogen (secondary N) is 1. The molecule has 0 spiro atoms. The van der Waals surface area contributed by atoms with Gasteiger partial charge in [0.05, 0.1) is 11.8 Å². The summed E-state index contributed by atoms with van der Waals surface area (Å²) < 4.78 is 4.72. The van der Waals surface area contributed by atoms with Crippen molar-refractivity contribution in [2.45, 2.75) is 13.8 Å². The van der Waals surface area contributed by atoms with Gasteiger partial charge in [-0.1, -0.05) is 5.16 Å².